The van der Waals surface area contributed by atoms with Gasteiger partial charge in [0.1, 0.15) is 0 Å². The first-order chi connectivity index (χ1) is 12.6. The largest absolute Gasteiger partial charge is 0.378 e. The van der Waals surface area contributed by atoms with E-state index in [0.29, 0.717) is 11.7 Å². The van der Waals surface area contributed by atoms with E-state index in [9.17, 15) is 0 Å². The van der Waals surface area contributed by atoms with Gasteiger partial charge in [0, 0.05) is 44.1 Å². The molecule has 1 aromatic carbocycles. The second-order valence-corrected chi connectivity index (χ2v) is 6.17. The number of imidazole rings is 1. The maximum absolute atomic E-state index is 4.66. The lowest BCUT2D eigenvalue weighted by atomic mass is 10.2. The van der Waals surface area contributed by atoms with Gasteiger partial charge in [0.05, 0.1) is 17.1 Å². The molecule has 0 unspecified atom stereocenters. The first-order valence-corrected chi connectivity index (χ1v) is 8.29. The van der Waals surface area contributed by atoms with E-state index in [1.807, 2.05) is 68.0 Å². The van der Waals surface area contributed by atoms with Crippen LogP contribution in [-0.2, 0) is 0 Å². The zero-order valence-electron chi connectivity index (χ0n) is 14.9. The Morgan fingerprint density at radius 3 is 2.54 bits per heavy atom. The molecule has 7 heteroatoms. The lowest BCUT2D eigenvalue weighted by Gasteiger charge is -2.13. The van der Waals surface area contributed by atoms with Crippen molar-refractivity contribution in [1.29, 1.82) is 0 Å². The maximum Gasteiger partial charge on any atom is 0.234 e. The average Bonchev–Trinajstić information content (AvgIpc) is 2.98. The van der Waals surface area contributed by atoms with Crippen molar-refractivity contribution in [3.8, 4) is 11.4 Å². The van der Waals surface area contributed by atoms with Crippen LogP contribution < -0.4 is 10.2 Å². The minimum Gasteiger partial charge on any atom is -0.378 e. The van der Waals surface area contributed by atoms with E-state index >= 15 is 0 Å². The Morgan fingerprint density at radius 1 is 0.962 bits per heavy atom. The number of benzene rings is 1. The Kier molecular flexibility index (Phi) is 3.96. The third-order valence-corrected chi connectivity index (χ3v) is 4.12. The summed E-state index contributed by atoms with van der Waals surface area (Å²) in [5, 5.41) is 3.25. The summed E-state index contributed by atoms with van der Waals surface area (Å²) in [6.07, 6.45) is 5.41. The number of hydrogen-bond donors (Lipinski definition) is 1. The molecular formula is C19H19N7. The number of rotatable bonds is 4. The molecule has 7 nitrogen and oxygen atoms in total. The van der Waals surface area contributed by atoms with Crippen LogP contribution in [0.25, 0.3) is 17.2 Å². The molecule has 0 saturated heterocycles. The second-order valence-electron chi connectivity index (χ2n) is 6.17. The van der Waals surface area contributed by atoms with Crippen molar-refractivity contribution in [3.63, 3.8) is 0 Å². The topological polar surface area (TPSA) is 71.2 Å². The van der Waals surface area contributed by atoms with Crippen molar-refractivity contribution >= 4 is 23.1 Å². The Labute approximate surface area is 151 Å². The van der Waals surface area contributed by atoms with E-state index in [1.54, 1.807) is 12.4 Å². The lowest BCUT2D eigenvalue weighted by molar-refractivity contribution is 1.09. The standard InChI is InChI=1S/C19H19N7/c1-13-17(26-12-4-10-21-19(26)22-13)16-9-11-20-18(24-16)23-14-5-7-15(8-6-14)25(2)3/h4-12H,1-3H3,(H,20,23,24). The molecule has 0 aliphatic carbocycles. The van der Waals surface area contributed by atoms with Crippen molar-refractivity contribution in [1.82, 2.24) is 24.3 Å². The Balaban J connectivity index is 1.67. The smallest absolute Gasteiger partial charge is 0.234 e. The molecule has 1 N–H and O–H groups in total. The molecule has 0 saturated carbocycles. The summed E-state index contributed by atoms with van der Waals surface area (Å²) < 4.78 is 1.94. The number of fused-ring (bicyclic) bond motifs is 1. The Morgan fingerprint density at radius 2 is 1.77 bits per heavy atom. The van der Waals surface area contributed by atoms with E-state index < -0.39 is 0 Å². The average molecular weight is 345 g/mol. The van der Waals surface area contributed by atoms with Gasteiger partial charge in [-0.3, -0.25) is 4.40 Å². The highest BCUT2D eigenvalue weighted by atomic mass is 15.1. The van der Waals surface area contributed by atoms with Crippen LogP contribution in [0.3, 0.4) is 0 Å². The van der Waals surface area contributed by atoms with E-state index in [0.717, 1.165) is 28.5 Å². The fourth-order valence-corrected chi connectivity index (χ4v) is 2.83. The quantitative estimate of drug-likeness (QED) is 0.612. The Bertz CT molecular complexity index is 1050. The molecule has 0 atom stereocenters. The third kappa shape index (κ3) is 2.95. The van der Waals surface area contributed by atoms with Crippen LogP contribution in [0.1, 0.15) is 5.69 Å². The first kappa shape index (κ1) is 16.0. The van der Waals surface area contributed by atoms with Crippen LogP contribution in [-0.4, -0.2) is 38.4 Å². The van der Waals surface area contributed by atoms with Gasteiger partial charge in [-0.05, 0) is 43.3 Å². The van der Waals surface area contributed by atoms with Crippen LogP contribution >= 0.6 is 0 Å². The van der Waals surface area contributed by atoms with Crippen LogP contribution in [0.5, 0.6) is 0 Å². The van der Waals surface area contributed by atoms with Gasteiger partial charge in [-0.25, -0.2) is 19.9 Å². The third-order valence-electron chi connectivity index (χ3n) is 4.12. The predicted octanol–water partition coefficient (Wildman–Crippen LogP) is 3.30. The van der Waals surface area contributed by atoms with Gasteiger partial charge in [0.2, 0.25) is 11.7 Å². The SMILES string of the molecule is Cc1nc2ncccn2c1-c1ccnc(Nc2ccc(N(C)C)cc2)n1. The van der Waals surface area contributed by atoms with Crippen LogP contribution in [0.4, 0.5) is 17.3 Å². The summed E-state index contributed by atoms with van der Waals surface area (Å²) in [6, 6.07) is 11.9. The summed E-state index contributed by atoms with van der Waals surface area (Å²) in [5.74, 6) is 1.20. The fourth-order valence-electron chi connectivity index (χ4n) is 2.83. The van der Waals surface area contributed by atoms with Crippen molar-refractivity contribution in [2.45, 2.75) is 6.92 Å². The molecule has 3 heterocycles. The van der Waals surface area contributed by atoms with Gasteiger partial charge in [-0.15, -0.1) is 0 Å². The van der Waals surface area contributed by atoms with Crippen LogP contribution in [0.15, 0.2) is 55.0 Å². The van der Waals surface area contributed by atoms with E-state index in [2.05, 4.69) is 30.2 Å². The summed E-state index contributed by atoms with van der Waals surface area (Å²) in [7, 11) is 4.03. The van der Waals surface area contributed by atoms with Crippen molar-refractivity contribution < 1.29 is 0 Å². The predicted molar refractivity (Wildman–Crippen MR) is 103 cm³/mol. The second kappa shape index (κ2) is 6.44. The molecular weight excluding hydrogens is 326 g/mol. The molecule has 4 rings (SSSR count). The van der Waals surface area contributed by atoms with Crippen LogP contribution in [0, 0.1) is 6.92 Å². The molecule has 0 spiro atoms. The normalized spacial score (nSPS) is 10.9. The van der Waals surface area contributed by atoms with Crippen molar-refractivity contribution in [2.24, 2.45) is 0 Å². The molecule has 0 bridgehead atoms. The van der Waals surface area contributed by atoms with Crippen molar-refractivity contribution in [3.05, 3.63) is 60.7 Å². The summed E-state index contributed by atoms with van der Waals surface area (Å²) in [5.41, 5.74) is 4.67. The Hall–Kier alpha value is -3.48. The molecule has 3 aromatic heterocycles. The maximum atomic E-state index is 4.66. The lowest BCUT2D eigenvalue weighted by Crippen LogP contribution is -2.08. The molecule has 0 aliphatic rings. The van der Waals surface area contributed by atoms with E-state index in [1.165, 1.54) is 0 Å². The molecule has 0 fully saturated rings. The van der Waals surface area contributed by atoms with Gasteiger partial charge in [-0.2, -0.15) is 0 Å². The zero-order chi connectivity index (χ0) is 18.1. The molecule has 130 valence electrons. The number of nitrogens with one attached hydrogen (secondary N) is 1. The van der Waals surface area contributed by atoms with Gasteiger partial charge in [0.15, 0.2) is 0 Å². The highest BCUT2D eigenvalue weighted by Gasteiger charge is 2.13. The minimum absolute atomic E-state index is 0.540. The summed E-state index contributed by atoms with van der Waals surface area (Å²) in [6.45, 7) is 1.96. The fraction of sp³-hybridized carbons (Fsp3) is 0.158. The number of anilines is 3. The minimum atomic E-state index is 0.540. The van der Waals surface area contributed by atoms with Gasteiger partial charge >= 0.3 is 0 Å². The molecule has 0 aliphatic heterocycles. The van der Waals surface area contributed by atoms with E-state index in [-0.39, 0.29) is 0 Å². The molecule has 26 heavy (non-hydrogen) atoms. The molecule has 0 radical (unpaired) electrons. The summed E-state index contributed by atoms with van der Waals surface area (Å²) in [4.78, 5) is 19.8. The zero-order valence-corrected chi connectivity index (χ0v) is 14.9. The highest BCUT2D eigenvalue weighted by molar-refractivity contribution is 5.65. The number of aromatic nitrogens is 5. The van der Waals surface area contributed by atoms with Gasteiger partial charge in [-0.1, -0.05) is 0 Å². The van der Waals surface area contributed by atoms with Gasteiger partial charge < -0.3 is 10.2 Å². The monoisotopic (exact) mass is 345 g/mol. The molecule has 0 amide bonds. The number of hydrogen-bond acceptors (Lipinski definition) is 6. The van der Waals surface area contributed by atoms with Gasteiger partial charge in [0.25, 0.3) is 0 Å². The highest BCUT2D eigenvalue weighted by Crippen LogP contribution is 2.24. The number of nitrogens with zero attached hydrogens (tertiary/aromatic N) is 6. The van der Waals surface area contributed by atoms with Crippen molar-refractivity contribution in [2.75, 3.05) is 24.3 Å². The first-order valence-electron chi connectivity index (χ1n) is 8.29. The van der Waals surface area contributed by atoms with Crippen LogP contribution in [0.2, 0.25) is 0 Å². The molecule has 4 aromatic rings. The number of aryl methyl sites for hydroxylation is 1. The van der Waals surface area contributed by atoms with E-state index in [4.69, 9.17) is 0 Å². The summed E-state index contributed by atoms with van der Waals surface area (Å²) >= 11 is 0.